The van der Waals surface area contributed by atoms with Crippen molar-refractivity contribution in [2.75, 3.05) is 7.11 Å². The summed E-state index contributed by atoms with van der Waals surface area (Å²) in [6.07, 6.45) is 1.32. The van der Waals surface area contributed by atoms with Gasteiger partial charge in [0.25, 0.3) is 0 Å². The van der Waals surface area contributed by atoms with Crippen LogP contribution in [0.4, 0.5) is 0 Å². The van der Waals surface area contributed by atoms with Crippen molar-refractivity contribution in [2.24, 2.45) is 0 Å². The van der Waals surface area contributed by atoms with Crippen molar-refractivity contribution < 1.29 is 9.53 Å². The van der Waals surface area contributed by atoms with E-state index >= 15 is 0 Å². The zero-order valence-electron chi connectivity index (χ0n) is 11.3. The van der Waals surface area contributed by atoms with Crippen molar-refractivity contribution >= 4 is 5.78 Å². The summed E-state index contributed by atoms with van der Waals surface area (Å²) in [6.45, 7) is 11.8. The highest BCUT2D eigenvalue weighted by Gasteiger charge is 2.23. The first kappa shape index (κ1) is 13.5. The van der Waals surface area contributed by atoms with Crippen LogP contribution in [0.5, 0.6) is 5.75 Å². The minimum atomic E-state index is -0.101. The number of carbonyl (C=O) groups excluding carboxylic acids is 1. The first-order valence-electron chi connectivity index (χ1n) is 5.67. The van der Waals surface area contributed by atoms with Crippen molar-refractivity contribution in [2.45, 2.75) is 33.1 Å². The Balaban J connectivity index is 3.57. The summed E-state index contributed by atoms with van der Waals surface area (Å²) in [6, 6.07) is 3.91. The number of benzene rings is 1. The molecule has 0 aliphatic carbocycles. The molecule has 0 aliphatic rings. The lowest BCUT2D eigenvalue weighted by molar-refractivity contribution is 0.104. The lowest BCUT2D eigenvalue weighted by Gasteiger charge is -2.24. The third kappa shape index (κ3) is 2.76. The monoisotopic (exact) mass is 232 g/mol. The Labute approximate surface area is 103 Å². The number of ketones is 1. The molecule has 17 heavy (non-hydrogen) atoms. The van der Waals surface area contributed by atoms with Gasteiger partial charge in [0.15, 0.2) is 5.78 Å². The van der Waals surface area contributed by atoms with E-state index in [-0.39, 0.29) is 11.2 Å². The smallest absolute Gasteiger partial charge is 0.188 e. The normalized spacial score (nSPS) is 11.1. The van der Waals surface area contributed by atoms with Crippen LogP contribution >= 0.6 is 0 Å². The number of hydrogen-bond donors (Lipinski definition) is 0. The van der Waals surface area contributed by atoms with Crippen LogP contribution in [0.3, 0.4) is 0 Å². The van der Waals surface area contributed by atoms with Gasteiger partial charge >= 0.3 is 0 Å². The third-order valence-corrected chi connectivity index (χ3v) is 2.70. The molecule has 0 heterocycles. The van der Waals surface area contributed by atoms with Crippen LogP contribution in [-0.4, -0.2) is 12.9 Å². The van der Waals surface area contributed by atoms with Gasteiger partial charge in [-0.3, -0.25) is 4.79 Å². The molecule has 0 saturated heterocycles. The standard InChI is InChI=1S/C15H20O2/c1-7-13(16)11-8-10(2)9-12(14(11)17-6)15(3,4)5/h7-9H,1H2,2-6H3. The average Bonchev–Trinajstić information content (AvgIpc) is 2.25. The van der Waals surface area contributed by atoms with Crippen LogP contribution in [-0.2, 0) is 5.41 Å². The first-order chi connectivity index (χ1) is 7.81. The molecule has 0 amide bonds. The molecule has 0 N–H and O–H groups in total. The Kier molecular flexibility index (Phi) is 3.76. The molecule has 1 aromatic carbocycles. The second-order valence-corrected chi connectivity index (χ2v) is 5.21. The number of aryl methyl sites for hydroxylation is 1. The van der Waals surface area contributed by atoms with E-state index in [1.54, 1.807) is 7.11 Å². The summed E-state index contributed by atoms with van der Waals surface area (Å²) in [4.78, 5) is 11.8. The minimum Gasteiger partial charge on any atom is -0.496 e. The average molecular weight is 232 g/mol. The number of allylic oxidation sites excluding steroid dienone is 1. The molecule has 0 unspecified atom stereocenters. The Hall–Kier alpha value is -1.57. The first-order valence-corrected chi connectivity index (χ1v) is 5.67. The van der Waals surface area contributed by atoms with E-state index in [0.717, 1.165) is 11.1 Å². The maximum atomic E-state index is 11.8. The molecule has 0 saturated carbocycles. The Bertz CT molecular complexity index is 451. The molecular formula is C15H20O2. The molecule has 0 aromatic heterocycles. The van der Waals surface area contributed by atoms with Crippen molar-refractivity contribution in [3.63, 3.8) is 0 Å². The maximum Gasteiger partial charge on any atom is 0.188 e. The van der Waals surface area contributed by atoms with Gasteiger partial charge in [0.2, 0.25) is 0 Å². The van der Waals surface area contributed by atoms with Gasteiger partial charge in [-0.15, -0.1) is 0 Å². The highest BCUT2D eigenvalue weighted by molar-refractivity contribution is 6.06. The predicted molar refractivity (Wildman–Crippen MR) is 71.0 cm³/mol. The molecular weight excluding hydrogens is 212 g/mol. The summed E-state index contributed by atoms with van der Waals surface area (Å²) in [5.74, 6) is 0.559. The van der Waals surface area contributed by atoms with Crippen LogP contribution in [0.25, 0.3) is 0 Å². The zero-order chi connectivity index (χ0) is 13.2. The van der Waals surface area contributed by atoms with Crippen LogP contribution in [0.2, 0.25) is 0 Å². The number of carbonyl (C=O) groups is 1. The van der Waals surface area contributed by atoms with Crippen molar-refractivity contribution in [3.8, 4) is 5.75 Å². The summed E-state index contributed by atoms with van der Waals surface area (Å²) in [5.41, 5.74) is 2.63. The minimum absolute atomic E-state index is 0.0619. The maximum absolute atomic E-state index is 11.8. The molecule has 2 nitrogen and oxygen atoms in total. The number of hydrogen-bond acceptors (Lipinski definition) is 2. The van der Waals surface area contributed by atoms with Gasteiger partial charge < -0.3 is 4.74 Å². The van der Waals surface area contributed by atoms with E-state index in [2.05, 4.69) is 33.4 Å². The predicted octanol–water partition coefficient (Wildman–Crippen LogP) is 3.67. The number of rotatable bonds is 3. The molecule has 0 aliphatic heterocycles. The lowest BCUT2D eigenvalue weighted by atomic mass is 9.83. The Morgan fingerprint density at radius 3 is 2.35 bits per heavy atom. The van der Waals surface area contributed by atoms with Crippen molar-refractivity contribution in [3.05, 3.63) is 41.5 Å². The molecule has 0 radical (unpaired) electrons. The summed E-state index contributed by atoms with van der Waals surface area (Å²) in [7, 11) is 1.60. The van der Waals surface area contributed by atoms with Crippen molar-refractivity contribution in [1.29, 1.82) is 0 Å². The molecule has 92 valence electrons. The zero-order valence-corrected chi connectivity index (χ0v) is 11.3. The van der Waals surface area contributed by atoms with Gasteiger partial charge in [-0.1, -0.05) is 33.4 Å². The van der Waals surface area contributed by atoms with Gasteiger partial charge in [0.1, 0.15) is 5.75 Å². The van der Waals surface area contributed by atoms with Crippen LogP contribution in [0.15, 0.2) is 24.8 Å². The molecule has 1 aromatic rings. The fourth-order valence-electron chi connectivity index (χ4n) is 1.84. The van der Waals surface area contributed by atoms with Crippen LogP contribution < -0.4 is 4.74 Å². The van der Waals surface area contributed by atoms with Gasteiger partial charge in [0, 0.05) is 5.56 Å². The Morgan fingerprint density at radius 2 is 1.94 bits per heavy atom. The number of methoxy groups -OCH3 is 1. The molecule has 0 bridgehead atoms. The second-order valence-electron chi connectivity index (χ2n) is 5.21. The van der Waals surface area contributed by atoms with E-state index in [1.807, 2.05) is 13.0 Å². The highest BCUT2D eigenvalue weighted by Crippen LogP contribution is 2.35. The molecule has 1 rings (SSSR count). The van der Waals surface area contributed by atoms with Crippen LogP contribution in [0.1, 0.15) is 42.3 Å². The quantitative estimate of drug-likeness (QED) is 0.587. The van der Waals surface area contributed by atoms with E-state index in [9.17, 15) is 4.79 Å². The summed E-state index contributed by atoms with van der Waals surface area (Å²) in [5, 5.41) is 0. The Morgan fingerprint density at radius 1 is 1.35 bits per heavy atom. The topological polar surface area (TPSA) is 26.3 Å². The fraction of sp³-hybridized carbons (Fsp3) is 0.400. The van der Waals surface area contributed by atoms with Gasteiger partial charge in [-0.25, -0.2) is 0 Å². The highest BCUT2D eigenvalue weighted by atomic mass is 16.5. The van der Waals surface area contributed by atoms with E-state index < -0.39 is 0 Å². The van der Waals surface area contributed by atoms with E-state index in [4.69, 9.17) is 4.74 Å². The largest absolute Gasteiger partial charge is 0.496 e. The van der Waals surface area contributed by atoms with Crippen molar-refractivity contribution in [1.82, 2.24) is 0 Å². The van der Waals surface area contributed by atoms with E-state index in [1.165, 1.54) is 6.08 Å². The lowest BCUT2D eigenvalue weighted by Crippen LogP contribution is -2.15. The van der Waals surface area contributed by atoms with Gasteiger partial charge in [-0.2, -0.15) is 0 Å². The van der Waals surface area contributed by atoms with E-state index in [0.29, 0.717) is 11.3 Å². The number of ether oxygens (including phenoxy) is 1. The fourth-order valence-corrected chi connectivity index (χ4v) is 1.84. The molecule has 0 fully saturated rings. The SMILES string of the molecule is C=CC(=O)c1cc(C)cc(C(C)(C)C)c1OC. The molecule has 0 spiro atoms. The third-order valence-electron chi connectivity index (χ3n) is 2.70. The summed E-state index contributed by atoms with van der Waals surface area (Å²) < 4.78 is 5.41. The summed E-state index contributed by atoms with van der Waals surface area (Å²) >= 11 is 0. The molecule has 0 atom stereocenters. The van der Waals surface area contributed by atoms with Gasteiger partial charge in [-0.05, 0) is 30.0 Å². The van der Waals surface area contributed by atoms with Crippen LogP contribution in [0, 0.1) is 6.92 Å². The van der Waals surface area contributed by atoms with Gasteiger partial charge in [0.05, 0.1) is 12.7 Å². The molecule has 2 heteroatoms. The second kappa shape index (κ2) is 4.74.